The second kappa shape index (κ2) is 31.6. The molecule has 90 heavy (non-hydrogen) atoms. The molecule has 0 radical (unpaired) electrons. The minimum Gasteiger partial charge on any atom is -0.444 e. The van der Waals surface area contributed by atoms with Crippen LogP contribution in [0.1, 0.15) is 154 Å². The average Bonchev–Trinajstić information content (AvgIpc) is 1.81. The van der Waals surface area contributed by atoms with E-state index >= 15 is 0 Å². The zero-order valence-electron chi connectivity index (χ0n) is 56.0. The molecule has 2 heterocycles. The molecule has 0 aliphatic carbocycles. The van der Waals surface area contributed by atoms with E-state index in [4.69, 9.17) is 9.47 Å². The molecule has 3 aromatic carbocycles. The van der Waals surface area contributed by atoms with Gasteiger partial charge in [-0.1, -0.05) is 102 Å². The molecule has 0 aromatic heterocycles. The first-order chi connectivity index (χ1) is 41.9. The van der Waals surface area contributed by atoms with Crippen molar-refractivity contribution < 1.29 is 57.4 Å². The van der Waals surface area contributed by atoms with Gasteiger partial charge in [-0.25, -0.2) is 9.59 Å². The van der Waals surface area contributed by atoms with E-state index in [1.54, 1.807) is 75.0 Å². The highest BCUT2D eigenvalue weighted by molar-refractivity contribution is 6.00. The first kappa shape index (κ1) is 72.7. The SMILES string of the molecule is C[C@@H](C(=O)N[C@H](C(=O)N1CCC[C@H]1CN(CCc1ccccc1)C(=O)CNC(=O)c1ccc(C(=O)NCC(=O)N(CCc2ccccc2)C[C@@H]2CCCN2C(=O)[C@@H](NC(=O)[C@H](C)N(C)C(=O)OC(C)(C)C)C(C)(C)C)cc1)C(C)(C)C)N(C)C(=O)OC(C)(C)C. The molecule has 2 saturated heterocycles. The van der Waals surface area contributed by atoms with Crippen molar-refractivity contribution in [3.63, 3.8) is 0 Å². The Morgan fingerprint density at radius 2 is 0.822 bits per heavy atom. The molecular weight excluding hydrogens is 1150 g/mol. The van der Waals surface area contributed by atoms with E-state index in [2.05, 4.69) is 21.3 Å². The minimum atomic E-state index is -0.969. The zero-order chi connectivity index (χ0) is 67.1. The summed E-state index contributed by atoms with van der Waals surface area (Å²) in [5, 5.41) is 11.3. The largest absolute Gasteiger partial charge is 0.444 e. The summed E-state index contributed by atoms with van der Waals surface area (Å²) in [5.41, 5.74) is -0.681. The number of hydrogen-bond donors (Lipinski definition) is 4. The van der Waals surface area contributed by atoms with Crippen molar-refractivity contribution in [2.24, 2.45) is 10.8 Å². The fraction of sp³-hybridized carbons (Fsp3) is 0.588. The van der Waals surface area contributed by atoms with E-state index in [1.165, 1.54) is 48.2 Å². The number of amides is 10. The third-order valence-corrected chi connectivity index (χ3v) is 16.2. The van der Waals surface area contributed by atoms with Gasteiger partial charge in [0.15, 0.2) is 0 Å². The fourth-order valence-corrected chi connectivity index (χ4v) is 10.6. The van der Waals surface area contributed by atoms with Gasteiger partial charge in [-0.15, -0.1) is 0 Å². The van der Waals surface area contributed by atoms with Crippen LogP contribution in [0.2, 0.25) is 0 Å². The first-order valence-corrected chi connectivity index (χ1v) is 31.4. The predicted molar refractivity (Wildman–Crippen MR) is 344 cm³/mol. The van der Waals surface area contributed by atoms with Crippen LogP contribution < -0.4 is 21.3 Å². The van der Waals surface area contributed by atoms with Crippen molar-refractivity contribution in [1.82, 2.24) is 50.7 Å². The van der Waals surface area contributed by atoms with Crippen molar-refractivity contribution in [2.75, 3.05) is 66.5 Å². The van der Waals surface area contributed by atoms with Gasteiger partial charge in [-0.3, -0.25) is 48.2 Å². The molecular formula is C68H100N10O12. The third kappa shape index (κ3) is 21.6. The highest BCUT2D eigenvalue weighted by Crippen LogP contribution is 2.29. The number of nitrogens with one attached hydrogen (secondary N) is 4. The molecule has 10 amide bonds. The van der Waals surface area contributed by atoms with Crippen LogP contribution in [0.4, 0.5) is 9.59 Å². The van der Waals surface area contributed by atoms with E-state index in [9.17, 15) is 47.9 Å². The van der Waals surface area contributed by atoms with Crippen molar-refractivity contribution >= 4 is 59.4 Å². The molecule has 4 N–H and O–H groups in total. The van der Waals surface area contributed by atoms with E-state index in [1.807, 2.05) is 102 Å². The van der Waals surface area contributed by atoms with Crippen LogP contribution in [0.15, 0.2) is 84.9 Å². The number of nitrogens with zero attached hydrogens (tertiary/aromatic N) is 6. The molecule has 0 bridgehead atoms. The number of likely N-dealkylation sites (tertiary alicyclic amines) is 2. The normalized spacial score (nSPS) is 16.5. The Hall–Kier alpha value is -8.04. The lowest BCUT2D eigenvalue weighted by Crippen LogP contribution is -2.60. The molecule has 494 valence electrons. The Balaban J connectivity index is 1.23. The monoisotopic (exact) mass is 1250 g/mol. The molecule has 3 aromatic rings. The number of ether oxygens (including phenoxy) is 2. The summed E-state index contributed by atoms with van der Waals surface area (Å²) < 4.78 is 10.9. The zero-order valence-corrected chi connectivity index (χ0v) is 56.0. The topological polar surface area (TPSA) is 257 Å². The van der Waals surface area contributed by atoms with Gasteiger partial charge in [0.1, 0.15) is 35.4 Å². The second-order valence-electron chi connectivity index (χ2n) is 27.9. The molecule has 2 aliphatic heterocycles. The van der Waals surface area contributed by atoms with Gasteiger partial charge in [-0.2, -0.15) is 0 Å². The lowest BCUT2D eigenvalue weighted by atomic mass is 9.85. The van der Waals surface area contributed by atoms with Crippen LogP contribution in [0.25, 0.3) is 0 Å². The van der Waals surface area contributed by atoms with Crippen molar-refractivity contribution in [2.45, 2.75) is 183 Å². The Morgan fingerprint density at radius 1 is 0.500 bits per heavy atom. The van der Waals surface area contributed by atoms with Crippen molar-refractivity contribution in [3.05, 3.63) is 107 Å². The Bertz CT molecular complexity index is 2770. The summed E-state index contributed by atoms with van der Waals surface area (Å²) in [7, 11) is 2.93. The van der Waals surface area contributed by atoms with Gasteiger partial charge in [0, 0.05) is 76.6 Å². The van der Waals surface area contributed by atoms with Gasteiger partial charge in [0.05, 0.1) is 13.1 Å². The van der Waals surface area contributed by atoms with E-state index < -0.39 is 94.1 Å². The fourth-order valence-electron chi connectivity index (χ4n) is 10.6. The molecule has 0 saturated carbocycles. The van der Waals surface area contributed by atoms with Crippen LogP contribution in [0.5, 0.6) is 0 Å². The van der Waals surface area contributed by atoms with Gasteiger partial charge < -0.3 is 50.3 Å². The summed E-state index contributed by atoms with van der Waals surface area (Å²) >= 11 is 0. The summed E-state index contributed by atoms with van der Waals surface area (Å²) in [4.78, 5) is 147. The lowest BCUT2D eigenvalue weighted by Gasteiger charge is -2.38. The van der Waals surface area contributed by atoms with Crippen molar-refractivity contribution in [3.8, 4) is 0 Å². The highest BCUT2D eigenvalue weighted by atomic mass is 16.6. The van der Waals surface area contributed by atoms with Crippen molar-refractivity contribution in [1.29, 1.82) is 0 Å². The third-order valence-electron chi connectivity index (χ3n) is 16.2. The predicted octanol–water partition coefficient (Wildman–Crippen LogP) is 6.84. The number of carbonyl (C=O) groups is 10. The molecule has 6 atom stereocenters. The highest BCUT2D eigenvalue weighted by Gasteiger charge is 2.44. The maximum atomic E-state index is 14.6. The Morgan fingerprint density at radius 3 is 1.12 bits per heavy atom. The summed E-state index contributed by atoms with van der Waals surface area (Å²) in [5.74, 6) is -3.55. The standard InChI is InChI=1S/C68H100N10O12/c1-45(73(15)63(87)89-67(9,10)11)57(81)71-55(65(3,4)5)61(85)77-37-23-29-51(77)43-75(39-35-47-25-19-17-20-26-47)53(79)41-69-59(83)49-31-33-50(34-32-49)60(84)70-42-54(80)76(40-36-48-27-21-18-22-28-48)44-52-30-24-38-78(52)62(86)56(66(6,7)8)72-58(82)46(2)74(16)64(88)90-68(12,13)14/h17-22,25-28,31-34,45-46,51-52,55-56H,23-24,29-30,35-44H2,1-16H3,(H,69,83)(H,70,84)(H,71,81)(H,72,82)/t45-,46-,51-,52-,55+,56+/m0/s1. The molecule has 0 spiro atoms. The molecule has 5 rings (SSSR count). The van der Waals surface area contributed by atoms with Crippen LogP contribution in [-0.4, -0.2) is 203 Å². The minimum absolute atomic E-state index is 0.170. The molecule has 2 aliphatic rings. The number of benzene rings is 3. The number of carbonyl (C=O) groups excluding carboxylic acids is 10. The number of likely N-dealkylation sites (N-methyl/N-ethyl adjacent to an activating group) is 2. The maximum Gasteiger partial charge on any atom is 0.410 e. The number of rotatable bonds is 24. The first-order valence-electron chi connectivity index (χ1n) is 31.4. The molecule has 2 fully saturated rings. The smallest absolute Gasteiger partial charge is 0.410 e. The van der Waals surface area contributed by atoms with Gasteiger partial charge in [0.25, 0.3) is 11.8 Å². The lowest BCUT2D eigenvalue weighted by molar-refractivity contribution is -0.142. The second-order valence-corrected chi connectivity index (χ2v) is 27.9. The quantitative estimate of drug-likeness (QED) is 0.0719. The van der Waals surface area contributed by atoms with Crippen LogP contribution >= 0.6 is 0 Å². The van der Waals surface area contributed by atoms with Gasteiger partial charge in [0.2, 0.25) is 35.4 Å². The molecule has 0 unspecified atom stereocenters. The molecule has 22 heteroatoms. The van der Waals surface area contributed by atoms with E-state index in [0.29, 0.717) is 64.7 Å². The molecule has 22 nitrogen and oxygen atoms in total. The number of hydrogen-bond acceptors (Lipinski definition) is 12. The van der Waals surface area contributed by atoms with Crippen LogP contribution in [0.3, 0.4) is 0 Å². The summed E-state index contributed by atoms with van der Waals surface area (Å²) in [6.07, 6.45) is 2.18. The maximum absolute atomic E-state index is 14.6. The van der Waals surface area contributed by atoms with E-state index in [-0.39, 0.29) is 60.9 Å². The van der Waals surface area contributed by atoms with Gasteiger partial charge >= 0.3 is 12.2 Å². The Kier molecular flexibility index (Phi) is 25.5. The average molecular weight is 1250 g/mol. The summed E-state index contributed by atoms with van der Waals surface area (Å²) in [6, 6.07) is 20.5. The Labute approximate surface area is 532 Å². The summed E-state index contributed by atoms with van der Waals surface area (Å²) in [6.45, 7) is 25.6. The van der Waals surface area contributed by atoms with Gasteiger partial charge in [-0.05, 0) is 140 Å². The van der Waals surface area contributed by atoms with Crippen LogP contribution in [-0.2, 0) is 51.1 Å². The van der Waals surface area contributed by atoms with E-state index in [0.717, 1.165) is 11.1 Å². The van der Waals surface area contributed by atoms with Crippen LogP contribution in [0, 0.1) is 10.8 Å².